The van der Waals surface area contributed by atoms with E-state index in [2.05, 4.69) is 16.1 Å². The van der Waals surface area contributed by atoms with Crippen molar-refractivity contribution in [2.24, 2.45) is 0 Å². The third kappa shape index (κ3) is 1.82. The predicted octanol–water partition coefficient (Wildman–Crippen LogP) is 2.91. The minimum atomic E-state index is -0.996. The second-order valence-electron chi connectivity index (χ2n) is 4.35. The van der Waals surface area contributed by atoms with Crippen molar-refractivity contribution in [2.75, 3.05) is 0 Å². The number of fused-ring (bicyclic) bond motifs is 1. The average molecular weight is 262 g/mol. The predicted molar refractivity (Wildman–Crippen MR) is 76.4 cm³/mol. The van der Waals surface area contributed by atoms with Crippen LogP contribution in [0.5, 0.6) is 0 Å². The second kappa shape index (κ2) is 4.56. The van der Waals surface area contributed by atoms with E-state index < -0.39 is 5.97 Å². The summed E-state index contributed by atoms with van der Waals surface area (Å²) in [5, 5.41) is 17.1. The number of carboxylic acids is 1. The van der Waals surface area contributed by atoms with Crippen molar-refractivity contribution in [2.45, 2.75) is 0 Å². The number of aromatic carboxylic acids is 1. The molecule has 3 aromatic rings. The number of aromatic amines is 1. The van der Waals surface area contributed by atoms with Gasteiger partial charge in [-0.15, -0.1) is 6.42 Å². The van der Waals surface area contributed by atoms with Gasteiger partial charge in [-0.1, -0.05) is 18.1 Å². The van der Waals surface area contributed by atoms with Crippen molar-refractivity contribution < 1.29 is 9.90 Å². The Morgan fingerprint density at radius 2 is 2.15 bits per heavy atom. The van der Waals surface area contributed by atoms with Crippen LogP contribution in [0.3, 0.4) is 0 Å². The van der Waals surface area contributed by atoms with E-state index >= 15 is 0 Å². The Kier molecular flexibility index (Phi) is 2.73. The fourth-order valence-electron chi connectivity index (χ4n) is 2.26. The first kappa shape index (κ1) is 12.0. The minimum absolute atomic E-state index is 0.197. The quantitative estimate of drug-likeness (QED) is 0.698. The molecule has 20 heavy (non-hydrogen) atoms. The highest BCUT2D eigenvalue weighted by atomic mass is 16.4. The van der Waals surface area contributed by atoms with Gasteiger partial charge in [0.05, 0.1) is 17.3 Å². The van der Waals surface area contributed by atoms with Gasteiger partial charge in [-0.25, -0.2) is 4.79 Å². The topological polar surface area (TPSA) is 66.0 Å². The van der Waals surface area contributed by atoms with E-state index in [4.69, 9.17) is 6.42 Å². The molecule has 96 valence electrons. The molecular weight excluding hydrogens is 252 g/mol. The number of aromatic nitrogens is 2. The number of benzene rings is 2. The number of rotatable bonds is 2. The molecule has 0 aliphatic rings. The smallest absolute Gasteiger partial charge is 0.336 e. The standard InChI is InChI=1S/C16H10N2O2/c1-2-10-4-3-5-13(16(19)20)15(10)11-6-7-14-12(8-11)9-17-18-14/h1,3-9H,(H,17,18)(H,19,20). The lowest BCUT2D eigenvalue weighted by molar-refractivity contribution is 0.0697. The summed E-state index contributed by atoms with van der Waals surface area (Å²) in [7, 11) is 0. The molecule has 0 bridgehead atoms. The van der Waals surface area contributed by atoms with Crippen molar-refractivity contribution >= 4 is 16.9 Å². The molecule has 4 heteroatoms. The first-order valence-electron chi connectivity index (χ1n) is 5.97. The van der Waals surface area contributed by atoms with E-state index in [0.29, 0.717) is 11.1 Å². The van der Waals surface area contributed by atoms with Gasteiger partial charge >= 0.3 is 5.97 Å². The largest absolute Gasteiger partial charge is 0.478 e. The number of H-pyrrole nitrogens is 1. The highest BCUT2D eigenvalue weighted by Gasteiger charge is 2.15. The molecule has 0 aliphatic carbocycles. The SMILES string of the molecule is C#Cc1cccc(C(=O)O)c1-c1ccc2[nH]ncc2c1. The molecule has 0 atom stereocenters. The highest BCUT2D eigenvalue weighted by molar-refractivity contribution is 5.99. The maximum absolute atomic E-state index is 11.4. The fourth-order valence-corrected chi connectivity index (χ4v) is 2.26. The van der Waals surface area contributed by atoms with Crippen molar-refractivity contribution in [3.05, 3.63) is 53.7 Å². The number of terminal acetylenes is 1. The first-order chi connectivity index (χ1) is 9.70. The number of carboxylic acid groups (broad SMARTS) is 1. The summed E-state index contributed by atoms with van der Waals surface area (Å²) in [5.74, 6) is 1.55. The lowest BCUT2D eigenvalue weighted by Gasteiger charge is -2.09. The van der Waals surface area contributed by atoms with Crippen LogP contribution in [0.25, 0.3) is 22.0 Å². The maximum Gasteiger partial charge on any atom is 0.336 e. The zero-order valence-electron chi connectivity index (χ0n) is 10.4. The molecule has 0 amide bonds. The second-order valence-corrected chi connectivity index (χ2v) is 4.35. The Morgan fingerprint density at radius 1 is 1.30 bits per heavy atom. The van der Waals surface area contributed by atoms with Crippen LogP contribution in [0.15, 0.2) is 42.6 Å². The number of hydrogen-bond acceptors (Lipinski definition) is 2. The van der Waals surface area contributed by atoms with E-state index in [1.54, 1.807) is 24.4 Å². The van der Waals surface area contributed by atoms with Gasteiger partial charge in [0.2, 0.25) is 0 Å². The zero-order chi connectivity index (χ0) is 14.1. The van der Waals surface area contributed by atoms with Crippen molar-refractivity contribution in [1.82, 2.24) is 10.2 Å². The van der Waals surface area contributed by atoms with Crippen LogP contribution in [-0.4, -0.2) is 21.3 Å². The molecule has 0 unspecified atom stereocenters. The van der Waals surface area contributed by atoms with Gasteiger partial charge in [0, 0.05) is 16.5 Å². The van der Waals surface area contributed by atoms with Gasteiger partial charge in [0.15, 0.2) is 0 Å². The summed E-state index contributed by atoms with van der Waals surface area (Å²) >= 11 is 0. The Balaban J connectivity index is 2.32. The Bertz CT molecular complexity index is 856. The van der Waals surface area contributed by atoms with E-state index in [1.165, 1.54) is 0 Å². The lowest BCUT2D eigenvalue weighted by Crippen LogP contribution is -2.01. The molecule has 0 fully saturated rings. The molecule has 2 N–H and O–H groups in total. The van der Waals surface area contributed by atoms with Crippen LogP contribution in [0.4, 0.5) is 0 Å². The summed E-state index contributed by atoms with van der Waals surface area (Å²) < 4.78 is 0. The Labute approximate surface area is 115 Å². The monoisotopic (exact) mass is 262 g/mol. The van der Waals surface area contributed by atoms with E-state index in [9.17, 15) is 9.90 Å². The minimum Gasteiger partial charge on any atom is -0.478 e. The summed E-state index contributed by atoms with van der Waals surface area (Å²) in [5.41, 5.74) is 2.98. The van der Waals surface area contributed by atoms with Gasteiger partial charge in [0.1, 0.15) is 0 Å². The van der Waals surface area contributed by atoms with Gasteiger partial charge in [0.25, 0.3) is 0 Å². The number of nitrogens with zero attached hydrogens (tertiary/aromatic N) is 1. The van der Waals surface area contributed by atoms with Gasteiger partial charge in [-0.05, 0) is 29.8 Å². The molecule has 4 nitrogen and oxygen atoms in total. The molecule has 3 rings (SSSR count). The third-order valence-corrected chi connectivity index (χ3v) is 3.18. The Morgan fingerprint density at radius 3 is 2.90 bits per heavy atom. The molecule has 1 aromatic heterocycles. The van der Waals surface area contributed by atoms with E-state index in [0.717, 1.165) is 16.5 Å². The van der Waals surface area contributed by atoms with Crippen LogP contribution < -0.4 is 0 Å². The van der Waals surface area contributed by atoms with Gasteiger partial charge < -0.3 is 5.11 Å². The van der Waals surface area contributed by atoms with Crippen LogP contribution >= 0.6 is 0 Å². The molecule has 2 aromatic carbocycles. The third-order valence-electron chi connectivity index (χ3n) is 3.18. The first-order valence-corrected chi connectivity index (χ1v) is 5.97. The fraction of sp³-hybridized carbons (Fsp3) is 0. The van der Waals surface area contributed by atoms with Crippen LogP contribution in [0.1, 0.15) is 15.9 Å². The Hall–Kier alpha value is -3.06. The molecule has 0 spiro atoms. The molecule has 0 saturated carbocycles. The van der Waals surface area contributed by atoms with E-state index in [-0.39, 0.29) is 5.56 Å². The highest BCUT2D eigenvalue weighted by Crippen LogP contribution is 2.29. The summed E-state index contributed by atoms with van der Waals surface area (Å²) in [6.45, 7) is 0. The molecule has 0 radical (unpaired) electrons. The lowest BCUT2D eigenvalue weighted by atomic mass is 9.94. The number of hydrogen-bond donors (Lipinski definition) is 2. The maximum atomic E-state index is 11.4. The normalized spacial score (nSPS) is 10.3. The summed E-state index contributed by atoms with van der Waals surface area (Å²) in [4.78, 5) is 11.4. The van der Waals surface area contributed by atoms with Crippen LogP contribution in [0.2, 0.25) is 0 Å². The molecule has 1 heterocycles. The number of nitrogens with one attached hydrogen (secondary N) is 1. The zero-order valence-corrected chi connectivity index (χ0v) is 10.4. The summed E-state index contributed by atoms with van der Waals surface area (Å²) in [6, 6.07) is 10.5. The number of carbonyl (C=O) groups is 1. The average Bonchev–Trinajstić information content (AvgIpc) is 2.93. The van der Waals surface area contributed by atoms with Gasteiger partial charge in [-0.3, -0.25) is 5.10 Å². The van der Waals surface area contributed by atoms with Crippen molar-refractivity contribution in [3.8, 4) is 23.5 Å². The molecule has 0 saturated heterocycles. The summed E-state index contributed by atoms with van der Waals surface area (Å²) in [6.07, 6.45) is 7.18. The van der Waals surface area contributed by atoms with Crippen LogP contribution in [-0.2, 0) is 0 Å². The molecular formula is C16H10N2O2. The van der Waals surface area contributed by atoms with Crippen molar-refractivity contribution in [3.63, 3.8) is 0 Å². The van der Waals surface area contributed by atoms with Crippen molar-refractivity contribution in [1.29, 1.82) is 0 Å². The van der Waals surface area contributed by atoms with E-state index in [1.807, 2.05) is 18.2 Å². The van der Waals surface area contributed by atoms with Crippen LogP contribution in [0, 0.1) is 12.3 Å². The molecule has 0 aliphatic heterocycles. The van der Waals surface area contributed by atoms with Gasteiger partial charge in [-0.2, -0.15) is 5.10 Å².